The highest BCUT2D eigenvalue weighted by molar-refractivity contribution is 6.31. The Morgan fingerprint density at radius 3 is 2.67 bits per heavy atom. The molecule has 2 amide bonds. The summed E-state index contributed by atoms with van der Waals surface area (Å²) in [5.74, 6) is -0.534. The fraction of sp³-hybridized carbons (Fsp3) is 0.278. The lowest BCUT2D eigenvalue weighted by Gasteiger charge is -2.16. The molecule has 2 aromatic rings. The summed E-state index contributed by atoms with van der Waals surface area (Å²) in [6.07, 6.45) is 4.47. The molecule has 0 unspecified atom stereocenters. The standard InChI is InChI=1S/C18H18ClN3O2/c1-12-4-5-14(9-15(12)19)22-17(24)18(6-7-18)16(23)21-11-13-3-2-8-20-10-13/h2-5,8-10H,6-7,11H2,1H3,(H,21,23)(H,22,24). The average Bonchev–Trinajstić information content (AvgIpc) is 3.39. The van der Waals surface area contributed by atoms with Crippen LogP contribution in [0.4, 0.5) is 5.69 Å². The van der Waals surface area contributed by atoms with Crippen LogP contribution in [-0.2, 0) is 16.1 Å². The molecule has 6 heteroatoms. The van der Waals surface area contributed by atoms with Crippen LogP contribution >= 0.6 is 11.6 Å². The Bertz CT molecular complexity index is 773. The molecule has 0 bridgehead atoms. The van der Waals surface area contributed by atoms with Gasteiger partial charge in [-0.3, -0.25) is 14.6 Å². The van der Waals surface area contributed by atoms with Crippen molar-refractivity contribution in [2.45, 2.75) is 26.3 Å². The fourth-order valence-corrected chi connectivity index (χ4v) is 2.64. The molecule has 1 fully saturated rings. The lowest BCUT2D eigenvalue weighted by molar-refractivity contribution is -0.134. The number of aryl methyl sites for hydroxylation is 1. The minimum Gasteiger partial charge on any atom is -0.351 e. The van der Waals surface area contributed by atoms with Gasteiger partial charge in [-0.2, -0.15) is 0 Å². The maximum atomic E-state index is 12.5. The zero-order valence-corrected chi connectivity index (χ0v) is 14.1. The van der Waals surface area contributed by atoms with Crippen molar-refractivity contribution < 1.29 is 9.59 Å². The van der Waals surface area contributed by atoms with Crippen molar-refractivity contribution in [2.24, 2.45) is 5.41 Å². The van der Waals surface area contributed by atoms with Gasteiger partial charge in [0.1, 0.15) is 5.41 Å². The number of hydrogen-bond donors (Lipinski definition) is 2. The summed E-state index contributed by atoms with van der Waals surface area (Å²) in [5.41, 5.74) is 1.46. The molecular weight excluding hydrogens is 326 g/mol. The highest BCUT2D eigenvalue weighted by Gasteiger charge is 2.56. The number of anilines is 1. The van der Waals surface area contributed by atoms with Crippen LogP contribution in [-0.4, -0.2) is 16.8 Å². The number of benzene rings is 1. The van der Waals surface area contributed by atoms with Gasteiger partial charge in [-0.25, -0.2) is 0 Å². The lowest BCUT2D eigenvalue weighted by atomic mass is 10.0. The normalized spacial score (nSPS) is 14.8. The molecule has 1 heterocycles. The number of hydrogen-bond acceptors (Lipinski definition) is 3. The van der Waals surface area contributed by atoms with Crippen molar-refractivity contribution >= 4 is 29.1 Å². The van der Waals surface area contributed by atoms with E-state index in [2.05, 4.69) is 15.6 Å². The first-order valence-corrected chi connectivity index (χ1v) is 8.14. The molecule has 1 aliphatic carbocycles. The first-order chi connectivity index (χ1) is 11.5. The summed E-state index contributed by atoms with van der Waals surface area (Å²) in [4.78, 5) is 29.0. The van der Waals surface area contributed by atoms with Gasteiger partial charge >= 0.3 is 0 Å². The molecule has 1 aromatic heterocycles. The summed E-state index contributed by atoms with van der Waals surface area (Å²) in [5, 5.41) is 6.20. The van der Waals surface area contributed by atoms with E-state index in [4.69, 9.17) is 11.6 Å². The molecule has 2 N–H and O–H groups in total. The molecule has 0 radical (unpaired) electrons. The first-order valence-electron chi connectivity index (χ1n) is 7.76. The van der Waals surface area contributed by atoms with Gasteiger partial charge in [-0.05, 0) is 49.1 Å². The van der Waals surface area contributed by atoms with Crippen molar-refractivity contribution in [2.75, 3.05) is 5.32 Å². The monoisotopic (exact) mass is 343 g/mol. The Morgan fingerprint density at radius 2 is 2.04 bits per heavy atom. The highest BCUT2D eigenvalue weighted by Crippen LogP contribution is 2.47. The molecule has 1 aromatic carbocycles. The van der Waals surface area contributed by atoms with Crippen molar-refractivity contribution in [3.8, 4) is 0 Å². The topological polar surface area (TPSA) is 71.1 Å². The summed E-state index contributed by atoms with van der Waals surface area (Å²) < 4.78 is 0. The van der Waals surface area contributed by atoms with Gasteiger partial charge in [0.15, 0.2) is 0 Å². The number of carbonyl (C=O) groups excluding carboxylic acids is 2. The van der Waals surface area contributed by atoms with Crippen LogP contribution < -0.4 is 10.6 Å². The third-order valence-electron chi connectivity index (χ3n) is 4.22. The molecule has 0 atom stereocenters. The Labute approximate surface area is 145 Å². The second-order valence-electron chi connectivity index (χ2n) is 6.04. The van der Waals surface area contributed by atoms with E-state index >= 15 is 0 Å². The van der Waals surface area contributed by atoms with Crippen molar-refractivity contribution in [3.05, 3.63) is 58.9 Å². The summed E-state index contributed by atoms with van der Waals surface area (Å²) in [6.45, 7) is 2.25. The molecule has 124 valence electrons. The van der Waals surface area contributed by atoms with E-state index in [0.29, 0.717) is 30.1 Å². The molecular formula is C18H18ClN3O2. The number of carbonyl (C=O) groups is 2. The Balaban J connectivity index is 1.63. The zero-order valence-electron chi connectivity index (χ0n) is 13.3. The van der Waals surface area contributed by atoms with Gasteiger partial charge in [-0.15, -0.1) is 0 Å². The Kier molecular flexibility index (Phi) is 4.53. The van der Waals surface area contributed by atoms with Gasteiger partial charge in [0.25, 0.3) is 0 Å². The molecule has 3 rings (SSSR count). The maximum Gasteiger partial charge on any atom is 0.240 e. The Morgan fingerprint density at radius 1 is 1.25 bits per heavy atom. The molecule has 0 aliphatic heterocycles. The van der Waals surface area contributed by atoms with Crippen molar-refractivity contribution in [3.63, 3.8) is 0 Å². The molecule has 0 spiro atoms. The highest BCUT2D eigenvalue weighted by atomic mass is 35.5. The van der Waals surface area contributed by atoms with Gasteiger partial charge < -0.3 is 10.6 Å². The Hall–Kier alpha value is -2.40. The van der Waals surface area contributed by atoms with Crippen LogP contribution in [0.5, 0.6) is 0 Å². The van der Waals surface area contributed by atoms with Crippen LogP contribution in [0.25, 0.3) is 0 Å². The van der Waals surface area contributed by atoms with Gasteiger partial charge in [0.05, 0.1) is 0 Å². The largest absolute Gasteiger partial charge is 0.351 e. The van der Waals surface area contributed by atoms with Gasteiger partial charge in [-0.1, -0.05) is 23.7 Å². The van der Waals surface area contributed by atoms with Gasteiger partial charge in [0, 0.05) is 29.6 Å². The predicted molar refractivity (Wildman–Crippen MR) is 92.6 cm³/mol. The second kappa shape index (κ2) is 6.61. The SMILES string of the molecule is Cc1ccc(NC(=O)C2(C(=O)NCc3cccnc3)CC2)cc1Cl. The molecule has 1 aliphatic rings. The number of pyridine rings is 1. The minimum atomic E-state index is -0.973. The van der Waals surface area contributed by atoms with Crippen LogP contribution in [0.15, 0.2) is 42.7 Å². The number of halogens is 1. The van der Waals surface area contributed by atoms with E-state index in [-0.39, 0.29) is 11.8 Å². The van der Waals surface area contributed by atoms with E-state index < -0.39 is 5.41 Å². The summed E-state index contributed by atoms with van der Waals surface area (Å²) >= 11 is 6.07. The fourth-order valence-electron chi connectivity index (χ4n) is 2.46. The molecule has 1 saturated carbocycles. The summed E-state index contributed by atoms with van der Waals surface area (Å²) in [6, 6.07) is 8.99. The first kappa shape index (κ1) is 16.5. The third kappa shape index (κ3) is 3.41. The van der Waals surface area contributed by atoms with E-state index in [0.717, 1.165) is 11.1 Å². The molecule has 0 saturated heterocycles. The van der Waals surface area contributed by atoms with E-state index in [9.17, 15) is 9.59 Å². The van der Waals surface area contributed by atoms with Gasteiger partial charge in [0.2, 0.25) is 11.8 Å². The zero-order chi connectivity index (χ0) is 17.2. The number of rotatable bonds is 5. The maximum absolute atomic E-state index is 12.5. The average molecular weight is 344 g/mol. The van der Waals surface area contributed by atoms with E-state index in [1.54, 1.807) is 24.5 Å². The number of amides is 2. The van der Waals surface area contributed by atoms with Crippen molar-refractivity contribution in [1.82, 2.24) is 10.3 Å². The quantitative estimate of drug-likeness (QED) is 0.819. The molecule has 5 nitrogen and oxygen atoms in total. The second-order valence-corrected chi connectivity index (χ2v) is 6.45. The van der Waals surface area contributed by atoms with E-state index in [1.165, 1.54) is 0 Å². The van der Waals surface area contributed by atoms with Crippen LogP contribution in [0, 0.1) is 12.3 Å². The number of nitrogens with zero attached hydrogens (tertiary/aromatic N) is 1. The smallest absolute Gasteiger partial charge is 0.240 e. The van der Waals surface area contributed by atoms with Crippen LogP contribution in [0.2, 0.25) is 5.02 Å². The minimum absolute atomic E-state index is 0.248. The van der Waals surface area contributed by atoms with E-state index in [1.807, 2.05) is 25.1 Å². The lowest BCUT2D eigenvalue weighted by Crippen LogP contribution is -2.39. The number of aromatic nitrogens is 1. The predicted octanol–water partition coefficient (Wildman–Crippen LogP) is 3.08. The van der Waals surface area contributed by atoms with Crippen LogP contribution in [0.1, 0.15) is 24.0 Å². The van der Waals surface area contributed by atoms with Crippen molar-refractivity contribution in [1.29, 1.82) is 0 Å². The number of nitrogens with one attached hydrogen (secondary N) is 2. The molecule has 24 heavy (non-hydrogen) atoms. The van der Waals surface area contributed by atoms with Crippen LogP contribution in [0.3, 0.4) is 0 Å². The summed E-state index contributed by atoms with van der Waals surface area (Å²) in [7, 11) is 0. The third-order valence-corrected chi connectivity index (χ3v) is 4.63.